The first kappa shape index (κ1) is 16.1. The van der Waals surface area contributed by atoms with E-state index in [2.05, 4.69) is 5.16 Å². The van der Waals surface area contributed by atoms with Crippen molar-refractivity contribution in [1.82, 2.24) is 5.16 Å². The summed E-state index contributed by atoms with van der Waals surface area (Å²) in [6.07, 6.45) is 0. The molecule has 5 heteroatoms. The van der Waals surface area contributed by atoms with E-state index >= 15 is 0 Å². The lowest BCUT2D eigenvalue weighted by atomic mass is 10.0. The fourth-order valence-electron chi connectivity index (χ4n) is 2.95. The molecule has 0 amide bonds. The van der Waals surface area contributed by atoms with Crippen molar-refractivity contribution in [3.05, 3.63) is 82.0 Å². The lowest BCUT2D eigenvalue weighted by Crippen LogP contribution is -2.00. The van der Waals surface area contributed by atoms with Crippen molar-refractivity contribution in [3.8, 4) is 16.9 Å². The van der Waals surface area contributed by atoms with Gasteiger partial charge >= 0.3 is 5.63 Å². The number of hydrogen-bond donors (Lipinski definition) is 0. The molecule has 4 rings (SSSR count). The van der Waals surface area contributed by atoms with Crippen LogP contribution in [0.2, 0.25) is 0 Å². The lowest BCUT2D eigenvalue weighted by molar-refractivity contribution is 0.301. The molecule has 0 radical (unpaired) electrons. The normalized spacial score (nSPS) is 11.0. The maximum absolute atomic E-state index is 12.0. The average molecular weight is 347 g/mol. The molecule has 0 aliphatic carbocycles. The van der Waals surface area contributed by atoms with E-state index in [-0.39, 0.29) is 5.63 Å². The van der Waals surface area contributed by atoms with Crippen LogP contribution in [0.3, 0.4) is 0 Å². The minimum absolute atomic E-state index is 0.343. The van der Waals surface area contributed by atoms with Crippen LogP contribution in [0, 0.1) is 13.8 Å². The molecule has 2 heterocycles. The van der Waals surface area contributed by atoms with E-state index in [4.69, 9.17) is 13.7 Å². The fraction of sp³-hybridized carbons (Fsp3) is 0.143. The number of rotatable bonds is 4. The Morgan fingerprint density at radius 2 is 1.85 bits per heavy atom. The highest BCUT2D eigenvalue weighted by molar-refractivity contribution is 5.93. The summed E-state index contributed by atoms with van der Waals surface area (Å²) in [7, 11) is 0. The Labute approximate surface area is 149 Å². The molecule has 0 unspecified atom stereocenters. The Kier molecular flexibility index (Phi) is 4.05. The van der Waals surface area contributed by atoms with Crippen molar-refractivity contribution >= 4 is 11.0 Å². The van der Waals surface area contributed by atoms with Crippen molar-refractivity contribution < 1.29 is 13.7 Å². The number of nitrogens with zero attached hydrogens (tertiary/aromatic N) is 1. The number of fused-ring (bicyclic) bond motifs is 1. The van der Waals surface area contributed by atoms with Crippen LogP contribution < -0.4 is 10.4 Å². The van der Waals surface area contributed by atoms with E-state index in [0.29, 0.717) is 17.9 Å². The van der Waals surface area contributed by atoms with Gasteiger partial charge in [-0.05, 0) is 37.1 Å². The lowest BCUT2D eigenvalue weighted by Gasteiger charge is -2.09. The van der Waals surface area contributed by atoms with Gasteiger partial charge in [-0.15, -0.1) is 0 Å². The fourth-order valence-corrected chi connectivity index (χ4v) is 2.95. The van der Waals surface area contributed by atoms with Gasteiger partial charge in [0.05, 0.1) is 11.3 Å². The quantitative estimate of drug-likeness (QED) is 0.503. The second kappa shape index (κ2) is 6.52. The summed E-state index contributed by atoms with van der Waals surface area (Å²) in [6, 6.07) is 16.8. The van der Waals surface area contributed by atoms with E-state index in [1.54, 1.807) is 6.07 Å². The molecule has 0 aliphatic heterocycles. The molecule has 0 N–H and O–H groups in total. The van der Waals surface area contributed by atoms with Gasteiger partial charge in [0.1, 0.15) is 23.7 Å². The minimum atomic E-state index is -0.390. The molecule has 0 bridgehead atoms. The molecule has 0 atom stereocenters. The first-order chi connectivity index (χ1) is 12.6. The molecule has 0 aliphatic rings. The number of benzene rings is 2. The molecule has 4 aromatic rings. The molecular formula is C21H17NO4. The van der Waals surface area contributed by atoms with Crippen molar-refractivity contribution in [2.24, 2.45) is 0 Å². The van der Waals surface area contributed by atoms with Crippen LogP contribution >= 0.6 is 0 Å². The Bertz CT molecular complexity index is 1110. The zero-order valence-electron chi connectivity index (χ0n) is 14.5. The summed E-state index contributed by atoms with van der Waals surface area (Å²) >= 11 is 0. The topological polar surface area (TPSA) is 65.5 Å². The van der Waals surface area contributed by atoms with Crippen LogP contribution in [0.15, 0.2) is 68.3 Å². The smallest absolute Gasteiger partial charge is 0.336 e. The van der Waals surface area contributed by atoms with Gasteiger partial charge in [0.25, 0.3) is 0 Å². The van der Waals surface area contributed by atoms with Crippen molar-refractivity contribution in [3.63, 3.8) is 0 Å². The summed E-state index contributed by atoms with van der Waals surface area (Å²) in [5.74, 6) is 1.35. The number of hydrogen-bond acceptors (Lipinski definition) is 5. The highest BCUT2D eigenvalue weighted by Crippen LogP contribution is 2.30. The summed E-state index contributed by atoms with van der Waals surface area (Å²) in [4.78, 5) is 12.0. The molecule has 26 heavy (non-hydrogen) atoms. The minimum Gasteiger partial charge on any atom is -0.489 e. The van der Waals surface area contributed by atoms with Gasteiger partial charge in [-0.25, -0.2) is 4.79 Å². The van der Waals surface area contributed by atoms with Gasteiger partial charge in [-0.1, -0.05) is 35.5 Å². The van der Waals surface area contributed by atoms with Crippen molar-refractivity contribution in [2.45, 2.75) is 20.5 Å². The maximum Gasteiger partial charge on any atom is 0.336 e. The molecule has 0 saturated heterocycles. The molecular weight excluding hydrogens is 330 g/mol. The van der Waals surface area contributed by atoms with Crippen LogP contribution in [-0.4, -0.2) is 5.16 Å². The van der Waals surface area contributed by atoms with E-state index in [0.717, 1.165) is 33.5 Å². The van der Waals surface area contributed by atoms with Gasteiger partial charge in [0, 0.05) is 17.5 Å². The Morgan fingerprint density at radius 1 is 1.04 bits per heavy atom. The molecule has 2 aromatic heterocycles. The van der Waals surface area contributed by atoms with Gasteiger partial charge in [0.15, 0.2) is 0 Å². The van der Waals surface area contributed by atoms with Gasteiger partial charge in [0.2, 0.25) is 0 Å². The zero-order valence-corrected chi connectivity index (χ0v) is 14.5. The summed E-state index contributed by atoms with van der Waals surface area (Å²) in [6.45, 7) is 4.07. The van der Waals surface area contributed by atoms with Crippen molar-refractivity contribution in [1.29, 1.82) is 0 Å². The van der Waals surface area contributed by atoms with E-state index in [1.807, 2.05) is 56.3 Å². The van der Waals surface area contributed by atoms with Gasteiger partial charge in [-0.2, -0.15) is 0 Å². The van der Waals surface area contributed by atoms with Crippen LogP contribution in [-0.2, 0) is 6.61 Å². The SMILES string of the molecule is Cc1noc(C)c1COc1ccc2c(-c3ccccc3)cc(=O)oc2c1. The molecule has 0 spiro atoms. The van der Waals surface area contributed by atoms with Crippen LogP contribution in [0.4, 0.5) is 0 Å². The Balaban J connectivity index is 1.71. The van der Waals surface area contributed by atoms with Crippen molar-refractivity contribution in [2.75, 3.05) is 0 Å². The maximum atomic E-state index is 12.0. The Morgan fingerprint density at radius 3 is 2.58 bits per heavy atom. The number of aryl methyl sites for hydroxylation is 2. The molecule has 0 fully saturated rings. The third-order valence-electron chi connectivity index (χ3n) is 4.37. The summed E-state index contributed by atoms with van der Waals surface area (Å²) in [5.41, 5.74) is 3.64. The molecule has 2 aromatic carbocycles. The second-order valence-electron chi connectivity index (χ2n) is 6.09. The van der Waals surface area contributed by atoms with E-state index in [9.17, 15) is 4.79 Å². The first-order valence-electron chi connectivity index (χ1n) is 8.30. The number of aromatic nitrogens is 1. The van der Waals surface area contributed by atoms with E-state index < -0.39 is 0 Å². The first-order valence-corrected chi connectivity index (χ1v) is 8.30. The molecule has 5 nitrogen and oxygen atoms in total. The third kappa shape index (κ3) is 2.99. The Hall–Kier alpha value is -3.34. The third-order valence-corrected chi connectivity index (χ3v) is 4.37. The predicted octanol–water partition coefficient (Wildman–Crippen LogP) is 4.64. The second-order valence-corrected chi connectivity index (χ2v) is 6.09. The van der Waals surface area contributed by atoms with E-state index in [1.165, 1.54) is 6.07 Å². The predicted molar refractivity (Wildman–Crippen MR) is 98.2 cm³/mol. The highest BCUT2D eigenvalue weighted by atomic mass is 16.5. The van der Waals surface area contributed by atoms with Crippen LogP contribution in [0.25, 0.3) is 22.1 Å². The molecule has 130 valence electrons. The van der Waals surface area contributed by atoms with Crippen LogP contribution in [0.1, 0.15) is 17.0 Å². The standard InChI is InChI=1S/C21H17NO4/c1-13-19(14(2)26-22-13)12-24-16-8-9-17-18(15-6-4-3-5-7-15)11-21(23)25-20(17)10-16/h3-11H,12H2,1-2H3. The average Bonchev–Trinajstić information content (AvgIpc) is 2.97. The van der Waals surface area contributed by atoms with Gasteiger partial charge in [-0.3, -0.25) is 0 Å². The highest BCUT2D eigenvalue weighted by Gasteiger charge is 2.12. The van der Waals surface area contributed by atoms with Crippen LogP contribution in [0.5, 0.6) is 5.75 Å². The largest absolute Gasteiger partial charge is 0.489 e. The summed E-state index contributed by atoms with van der Waals surface area (Å²) < 4.78 is 16.4. The van der Waals surface area contributed by atoms with Gasteiger partial charge < -0.3 is 13.7 Å². The summed E-state index contributed by atoms with van der Waals surface area (Å²) in [5, 5.41) is 4.78. The molecule has 0 saturated carbocycles. The number of ether oxygens (including phenoxy) is 1. The monoisotopic (exact) mass is 347 g/mol. The zero-order chi connectivity index (χ0) is 18.1.